The number of aromatic nitrogens is 2. The summed E-state index contributed by atoms with van der Waals surface area (Å²) in [5.74, 6) is 0. The Kier molecular flexibility index (Phi) is 3.16. The number of rotatable bonds is 3. The fourth-order valence-corrected chi connectivity index (χ4v) is 1.80. The molecule has 0 aromatic carbocycles. The van der Waals surface area contributed by atoms with Crippen LogP contribution in [0.4, 0.5) is 0 Å². The van der Waals surface area contributed by atoms with E-state index in [1.54, 1.807) is 7.11 Å². The standard InChI is InChI=1S/C10H16N3O/c1-14-8-9-4-7-13(12-9)10-2-5-11-6-3-10/h7,10-11H,2-3,5-6,8H2,1H3. The van der Waals surface area contributed by atoms with Gasteiger partial charge in [0.25, 0.3) is 0 Å². The van der Waals surface area contributed by atoms with Gasteiger partial charge in [0.05, 0.1) is 18.3 Å². The van der Waals surface area contributed by atoms with Gasteiger partial charge in [-0.1, -0.05) is 0 Å². The van der Waals surface area contributed by atoms with E-state index in [4.69, 9.17) is 4.74 Å². The molecule has 77 valence electrons. The minimum atomic E-state index is 0.540. The van der Waals surface area contributed by atoms with Crippen molar-refractivity contribution in [3.05, 3.63) is 18.0 Å². The fourth-order valence-electron chi connectivity index (χ4n) is 1.80. The molecule has 14 heavy (non-hydrogen) atoms. The summed E-state index contributed by atoms with van der Waals surface area (Å²) in [6.45, 7) is 2.73. The van der Waals surface area contributed by atoms with Crippen LogP contribution in [0.5, 0.6) is 0 Å². The van der Waals surface area contributed by atoms with Gasteiger partial charge in [0, 0.05) is 19.4 Å². The molecule has 1 N–H and O–H groups in total. The third-order valence-electron chi connectivity index (χ3n) is 2.56. The van der Waals surface area contributed by atoms with E-state index in [0.717, 1.165) is 31.6 Å². The lowest BCUT2D eigenvalue weighted by Crippen LogP contribution is -2.29. The van der Waals surface area contributed by atoms with E-state index in [9.17, 15) is 0 Å². The van der Waals surface area contributed by atoms with Crippen molar-refractivity contribution < 1.29 is 4.74 Å². The largest absolute Gasteiger partial charge is 0.378 e. The van der Waals surface area contributed by atoms with Crippen LogP contribution in [0.1, 0.15) is 24.6 Å². The van der Waals surface area contributed by atoms with Gasteiger partial charge in [-0.25, -0.2) is 0 Å². The molecule has 4 heteroatoms. The molecule has 1 radical (unpaired) electrons. The molecule has 0 unspecified atom stereocenters. The number of nitrogens with one attached hydrogen (secondary N) is 1. The van der Waals surface area contributed by atoms with Crippen molar-refractivity contribution in [1.82, 2.24) is 15.1 Å². The first-order valence-electron chi connectivity index (χ1n) is 5.05. The minimum Gasteiger partial charge on any atom is -0.378 e. The SMILES string of the molecule is COCc1[c]cn(C2CCNCC2)n1. The Hall–Kier alpha value is -0.870. The second-order valence-corrected chi connectivity index (χ2v) is 3.61. The van der Waals surface area contributed by atoms with Crippen molar-refractivity contribution >= 4 is 0 Å². The second kappa shape index (κ2) is 4.57. The van der Waals surface area contributed by atoms with Crippen LogP contribution in [-0.2, 0) is 11.3 Å². The fraction of sp³-hybridized carbons (Fsp3) is 0.700. The molecule has 1 aromatic heterocycles. The highest BCUT2D eigenvalue weighted by Gasteiger charge is 2.15. The van der Waals surface area contributed by atoms with E-state index < -0.39 is 0 Å². The molecule has 4 nitrogen and oxygen atoms in total. The lowest BCUT2D eigenvalue weighted by molar-refractivity contribution is 0.179. The molecule has 2 heterocycles. The molecular weight excluding hydrogens is 178 g/mol. The maximum Gasteiger partial charge on any atom is 0.0961 e. The monoisotopic (exact) mass is 194 g/mol. The number of methoxy groups -OCH3 is 1. The number of piperidine rings is 1. The molecule has 0 amide bonds. The zero-order valence-corrected chi connectivity index (χ0v) is 8.49. The van der Waals surface area contributed by atoms with Gasteiger partial charge in [-0.2, -0.15) is 5.10 Å². The number of ether oxygens (including phenoxy) is 1. The van der Waals surface area contributed by atoms with Crippen LogP contribution in [0.2, 0.25) is 0 Å². The highest BCUT2D eigenvalue weighted by Crippen LogP contribution is 2.17. The number of hydrogen-bond donors (Lipinski definition) is 1. The molecule has 0 bridgehead atoms. The van der Waals surface area contributed by atoms with E-state index in [-0.39, 0.29) is 0 Å². The van der Waals surface area contributed by atoms with Crippen LogP contribution in [0, 0.1) is 6.07 Å². The Balaban J connectivity index is 2.00. The Morgan fingerprint density at radius 1 is 1.64 bits per heavy atom. The lowest BCUT2D eigenvalue weighted by atomic mass is 10.1. The Morgan fingerprint density at radius 2 is 2.43 bits per heavy atom. The van der Waals surface area contributed by atoms with E-state index >= 15 is 0 Å². The normalized spacial score (nSPS) is 18.6. The number of nitrogens with zero attached hydrogens (tertiary/aromatic N) is 2. The molecule has 0 aliphatic carbocycles. The highest BCUT2D eigenvalue weighted by atomic mass is 16.5. The minimum absolute atomic E-state index is 0.540. The maximum absolute atomic E-state index is 5.01. The number of hydrogen-bond acceptors (Lipinski definition) is 3. The van der Waals surface area contributed by atoms with Gasteiger partial charge in [-0.15, -0.1) is 0 Å². The van der Waals surface area contributed by atoms with Crippen molar-refractivity contribution in [3.63, 3.8) is 0 Å². The summed E-state index contributed by atoms with van der Waals surface area (Å²) in [6, 6.07) is 3.65. The maximum atomic E-state index is 5.01. The zero-order valence-electron chi connectivity index (χ0n) is 8.49. The summed E-state index contributed by atoms with van der Waals surface area (Å²) in [6.07, 6.45) is 4.24. The molecular formula is C10H16N3O. The average molecular weight is 194 g/mol. The van der Waals surface area contributed by atoms with Gasteiger partial charge < -0.3 is 10.1 Å². The van der Waals surface area contributed by atoms with E-state index in [1.165, 1.54) is 0 Å². The van der Waals surface area contributed by atoms with Gasteiger partial charge in [0.2, 0.25) is 0 Å². The Bertz CT molecular complexity index is 279. The van der Waals surface area contributed by atoms with Gasteiger partial charge in [-0.05, 0) is 25.9 Å². The lowest BCUT2D eigenvalue weighted by Gasteiger charge is -2.22. The van der Waals surface area contributed by atoms with E-state index in [2.05, 4.69) is 16.5 Å². The summed E-state index contributed by atoms with van der Waals surface area (Å²) >= 11 is 0. The van der Waals surface area contributed by atoms with Crippen LogP contribution in [0.3, 0.4) is 0 Å². The third-order valence-corrected chi connectivity index (χ3v) is 2.56. The third kappa shape index (κ3) is 2.13. The van der Waals surface area contributed by atoms with Crippen molar-refractivity contribution in [2.45, 2.75) is 25.5 Å². The van der Waals surface area contributed by atoms with E-state index in [0.29, 0.717) is 12.6 Å². The average Bonchev–Trinajstić information content (AvgIpc) is 2.68. The van der Waals surface area contributed by atoms with Crippen molar-refractivity contribution in [2.24, 2.45) is 0 Å². The van der Waals surface area contributed by atoms with Gasteiger partial charge in [0.15, 0.2) is 0 Å². The van der Waals surface area contributed by atoms with Gasteiger partial charge >= 0.3 is 0 Å². The molecule has 0 atom stereocenters. The first-order chi connectivity index (χ1) is 6.90. The van der Waals surface area contributed by atoms with Crippen LogP contribution < -0.4 is 5.32 Å². The van der Waals surface area contributed by atoms with E-state index in [1.807, 2.05) is 10.9 Å². The molecule has 1 aromatic rings. The predicted molar refractivity (Wildman–Crippen MR) is 52.9 cm³/mol. The van der Waals surface area contributed by atoms with Crippen LogP contribution in [0.15, 0.2) is 6.20 Å². The summed E-state index contributed by atoms with van der Waals surface area (Å²) in [4.78, 5) is 0. The van der Waals surface area contributed by atoms with Crippen LogP contribution >= 0.6 is 0 Å². The summed E-state index contributed by atoms with van der Waals surface area (Å²) in [5, 5.41) is 7.77. The quantitative estimate of drug-likeness (QED) is 0.772. The Morgan fingerprint density at radius 3 is 3.14 bits per heavy atom. The molecule has 1 aliphatic heterocycles. The topological polar surface area (TPSA) is 39.1 Å². The van der Waals surface area contributed by atoms with Crippen molar-refractivity contribution in [3.8, 4) is 0 Å². The summed E-state index contributed by atoms with van der Waals surface area (Å²) in [7, 11) is 1.68. The van der Waals surface area contributed by atoms with Gasteiger partial charge in [-0.3, -0.25) is 4.68 Å². The van der Waals surface area contributed by atoms with Crippen molar-refractivity contribution in [1.29, 1.82) is 0 Å². The smallest absolute Gasteiger partial charge is 0.0961 e. The molecule has 1 saturated heterocycles. The zero-order chi connectivity index (χ0) is 9.80. The second-order valence-electron chi connectivity index (χ2n) is 3.61. The molecule has 2 rings (SSSR count). The summed E-state index contributed by atoms with van der Waals surface area (Å²) in [5.41, 5.74) is 0.894. The molecule has 1 fully saturated rings. The predicted octanol–water partition coefficient (Wildman–Crippen LogP) is 0.754. The van der Waals surface area contributed by atoms with Crippen LogP contribution in [0.25, 0.3) is 0 Å². The first kappa shape index (κ1) is 9.68. The molecule has 0 spiro atoms. The van der Waals surface area contributed by atoms with Gasteiger partial charge in [0.1, 0.15) is 0 Å². The highest BCUT2D eigenvalue weighted by molar-refractivity contribution is 4.96. The molecule has 0 saturated carbocycles. The molecule has 1 aliphatic rings. The Labute approximate surface area is 84.3 Å². The van der Waals surface area contributed by atoms with Crippen molar-refractivity contribution in [2.75, 3.05) is 20.2 Å². The first-order valence-corrected chi connectivity index (χ1v) is 5.05. The summed E-state index contributed by atoms with van der Waals surface area (Å²) < 4.78 is 7.03. The van der Waals surface area contributed by atoms with Crippen LogP contribution in [-0.4, -0.2) is 30.0 Å².